The third-order valence-electron chi connectivity index (χ3n) is 4.36. The fraction of sp³-hybridized carbons (Fsp3) is 0.625. The molecule has 20 heavy (non-hydrogen) atoms. The van der Waals surface area contributed by atoms with Crippen molar-refractivity contribution in [2.45, 2.75) is 12.3 Å². The lowest BCUT2D eigenvalue weighted by atomic mass is 10.0. The molecule has 4 heteroatoms. The maximum Gasteiger partial charge on any atom is 0.122 e. The lowest BCUT2D eigenvalue weighted by Gasteiger charge is -2.23. The van der Waals surface area contributed by atoms with Crippen LogP contribution in [0.25, 0.3) is 0 Å². The lowest BCUT2D eigenvalue weighted by Crippen LogP contribution is -2.34. The van der Waals surface area contributed by atoms with Gasteiger partial charge >= 0.3 is 0 Å². The minimum absolute atomic E-state index is 0.533. The lowest BCUT2D eigenvalue weighted by molar-refractivity contribution is 0.232. The van der Waals surface area contributed by atoms with E-state index in [0.29, 0.717) is 5.92 Å². The Morgan fingerprint density at radius 3 is 2.80 bits per heavy atom. The van der Waals surface area contributed by atoms with Gasteiger partial charge in [0, 0.05) is 43.5 Å². The van der Waals surface area contributed by atoms with Gasteiger partial charge in [0.05, 0.1) is 6.61 Å². The average molecular weight is 295 g/mol. The maximum atomic E-state index is 5.85. The number of nitrogens with zero attached hydrogens (tertiary/aromatic N) is 2. The van der Waals surface area contributed by atoms with E-state index in [2.05, 4.69) is 34.1 Å². The molecule has 1 atom stereocenters. The maximum absolute atomic E-state index is 5.85. The van der Waals surface area contributed by atoms with Gasteiger partial charge in [-0.1, -0.05) is 18.2 Å². The van der Waals surface area contributed by atoms with Gasteiger partial charge in [0.15, 0.2) is 0 Å². The molecule has 1 unspecified atom stereocenters. The van der Waals surface area contributed by atoms with E-state index in [1.165, 1.54) is 25.1 Å². The number of para-hydroxylation sites is 1. The molecule has 1 aromatic carbocycles. The standard InChI is InChI=1S/C16H23ClN2O/c17-6-9-18-7-3-8-19(11-10-18)12-14-13-20-16-5-2-1-4-15(14)16/h1-2,4-5,14H,3,6-13H2. The topological polar surface area (TPSA) is 15.7 Å². The van der Waals surface area contributed by atoms with Crippen LogP contribution in [0.15, 0.2) is 24.3 Å². The Morgan fingerprint density at radius 2 is 1.90 bits per heavy atom. The van der Waals surface area contributed by atoms with Crippen LogP contribution in [0.3, 0.4) is 0 Å². The van der Waals surface area contributed by atoms with E-state index >= 15 is 0 Å². The van der Waals surface area contributed by atoms with Crippen molar-refractivity contribution in [3.63, 3.8) is 0 Å². The van der Waals surface area contributed by atoms with Crippen molar-refractivity contribution in [1.82, 2.24) is 9.80 Å². The Kier molecular flexibility index (Phi) is 4.81. The molecule has 0 aromatic heterocycles. The first-order valence-corrected chi connectivity index (χ1v) is 8.12. The molecule has 1 saturated heterocycles. The first-order valence-electron chi connectivity index (χ1n) is 7.59. The van der Waals surface area contributed by atoms with Gasteiger partial charge in [-0.15, -0.1) is 11.6 Å². The monoisotopic (exact) mass is 294 g/mol. The van der Waals surface area contributed by atoms with Gasteiger partial charge in [-0.3, -0.25) is 0 Å². The van der Waals surface area contributed by atoms with Crippen LogP contribution in [0.1, 0.15) is 17.9 Å². The van der Waals surface area contributed by atoms with Crippen LogP contribution in [-0.2, 0) is 0 Å². The van der Waals surface area contributed by atoms with Gasteiger partial charge in [0.25, 0.3) is 0 Å². The number of halogens is 1. The second kappa shape index (κ2) is 6.79. The van der Waals surface area contributed by atoms with Crippen LogP contribution >= 0.6 is 11.6 Å². The molecule has 1 aromatic rings. The summed E-state index contributed by atoms with van der Waals surface area (Å²) in [5, 5.41) is 0. The summed E-state index contributed by atoms with van der Waals surface area (Å²) in [7, 11) is 0. The summed E-state index contributed by atoms with van der Waals surface area (Å²) in [6, 6.07) is 8.47. The van der Waals surface area contributed by atoms with E-state index in [4.69, 9.17) is 16.3 Å². The van der Waals surface area contributed by atoms with Crippen molar-refractivity contribution >= 4 is 11.6 Å². The van der Waals surface area contributed by atoms with Crippen molar-refractivity contribution in [3.05, 3.63) is 29.8 Å². The minimum Gasteiger partial charge on any atom is -0.493 e. The number of alkyl halides is 1. The van der Waals surface area contributed by atoms with Gasteiger partial charge in [-0.2, -0.15) is 0 Å². The van der Waals surface area contributed by atoms with Gasteiger partial charge < -0.3 is 14.5 Å². The average Bonchev–Trinajstić information content (AvgIpc) is 2.74. The molecule has 2 heterocycles. The number of ether oxygens (including phenoxy) is 1. The van der Waals surface area contributed by atoms with E-state index < -0.39 is 0 Å². The largest absolute Gasteiger partial charge is 0.493 e. The van der Waals surface area contributed by atoms with Crippen LogP contribution < -0.4 is 4.74 Å². The summed E-state index contributed by atoms with van der Waals surface area (Å²) < 4.78 is 5.79. The Morgan fingerprint density at radius 1 is 1.10 bits per heavy atom. The summed E-state index contributed by atoms with van der Waals surface area (Å²) in [6.45, 7) is 7.63. The van der Waals surface area contributed by atoms with Crippen LogP contribution in [0.4, 0.5) is 0 Å². The van der Waals surface area contributed by atoms with Crippen molar-refractivity contribution in [2.24, 2.45) is 0 Å². The molecule has 3 rings (SSSR count). The zero-order valence-corrected chi connectivity index (χ0v) is 12.7. The number of hydrogen-bond acceptors (Lipinski definition) is 3. The highest BCUT2D eigenvalue weighted by Gasteiger charge is 2.26. The normalized spacial score (nSPS) is 24.1. The molecule has 0 saturated carbocycles. The fourth-order valence-corrected chi connectivity index (χ4v) is 3.48. The second-order valence-electron chi connectivity index (χ2n) is 5.73. The molecule has 3 nitrogen and oxygen atoms in total. The summed E-state index contributed by atoms with van der Waals surface area (Å²) in [6.07, 6.45) is 1.24. The predicted molar refractivity (Wildman–Crippen MR) is 82.9 cm³/mol. The first-order chi connectivity index (χ1) is 9.86. The Balaban J connectivity index is 1.56. The van der Waals surface area contributed by atoms with Crippen molar-refractivity contribution in [3.8, 4) is 5.75 Å². The Hall–Kier alpha value is -0.770. The smallest absolute Gasteiger partial charge is 0.122 e. The molecule has 2 aliphatic rings. The first kappa shape index (κ1) is 14.2. The molecule has 0 amide bonds. The minimum atomic E-state index is 0.533. The summed E-state index contributed by atoms with van der Waals surface area (Å²) in [5.41, 5.74) is 1.38. The highest BCUT2D eigenvalue weighted by molar-refractivity contribution is 6.18. The predicted octanol–water partition coefficient (Wildman–Crippen LogP) is 2.41. The molecule has 1 fully saturated rings. The van der Waals surface area contributed by atoms with E-state index in [1.807, 2.05) is 0 Å². The molecule has 0 spiro atoms. The van der Waals surface area contributed by atoms with Gasteiger partial charge in [0.1, 0.15) is 5.75 Å². The molecule has 110 valence electrons. The molecule has 0 radical (unpaired) electrons. The zero-order valence-electron chi connectivity index (χ0n) is 11.9. The van der Waals surface area contributed by atoms with Crippen LogP contribution in [0.2, 0.25) is 0 Å². The van der Waals surface area contributed by atoms with E-state index in [9.17, 15) is 0 Å². The summed E-state index contributed by atoms with van der Waals surface area (Å²) in [5.74, 6) is 2.35. The Bertz CT molecular complexity index is 440. The molecule has 2 aliphatic heterocycles. The van der Waals surface area contributed by atoms with Gasteiger partial charge in [0.2, 0.25) is 0 Å². The molecule has 0 bridgehead atoms. The summed E-state index contributed by atoms with van der Waals surface area (Å²) >= 11 is 5.85. The van der Waals surface area contributed by atoms with E-state index in [1.54, 1.807) is 0 Å². The quantitative estimate of drug-likeness (QED) is 0.793. The SMILES string of the molecule is ClCCN1CCCN(CC2COc3ccccc32)CC1. The Labute approximate surface area is 126 Å². The second-order valence-corrected chi connectivity index (χ2v) is 6.11. The third-order valence-corrected chi connectivity index (χ3v) is 4.53. The zero-order chi connectivity index (χ0) is 13.8. The summed E-state index contributed by atoms with van der Waals surface area (Å²) in [4.78, 5) is 5.07. The van der Waals surface area contributed by atoms with Crippen molar-refractivity contribution in [2.75, 3.05) is 51.8 Å². The van der Waals surface area contributed by atoms with Gasteiger partial charge in [-0.25, -0.2) is 0 Å². The van der Waals surface area contributed by atoms with Gasteiger partial charge in [-0.05, 0) is 25.6 Å². The third kappa shape index (κ3) is 3.27. The molecular weight excluding hydrogens is 272 g/mol. The molecule has 0 aliphatic carbocycles. The van der Waals surface area contributed by atoms with E-state index in [0.717, 1.165) is 44.4 Å². The number of fused-ring (bicyclic) bond motifs is 1. The highest BCUT2D eigenvalue weighted by Crippen LogP contribution is 2.33. The van der Waals surface area contributed by atoms with Crippen molar-refractivity contribution in [1.29, 1.82) is 0 Å². The van der Waals surface area contributed by atoms with Crippen LogP contribution in [0, 0.1) is 0 Å². The number of hydrogen-bond donors (Lipinski definition) is 0. The number of rotatable bonds is 4. The van der Waals surface area contributed by atoms with Crippen LogP contribution in [0.5, 0.6) is 5.75 Å². The number of benzene rings is 1. The van der Waals surface area contributed by atoms with E-state index in [-0.39, 0.29) is 0 Å². The highest BCUT2D eigenvalue weighted by atomic mass is 35.5. The van der Waals surface area contributed by atoms with Crippen LogP contribution in [-0.4, -0.2) is 61.6 Å². The molecule has 0 N–H and O–H groups in total. The molecular formula is C16H23ClN2O. The fourth-order valence-electron chi connectivity index (χ4n) is 3.24. The van der Waals surface area contributed by atoms with Crippen molar-refractivity contribution < 1.29 is 4.74 Å².